The van der Waals surface area contributed by atoms with Gasteiger partial charge in [-0.2, -0.15) is 0 Å². The predicted molar refractivity (Wildman–Crippen MR) is 51.6 cm³/mol. The number of ether oxygens (including phenoxy) is 1. The normalized spacial score (nSPS) is 12.1. The minimum absolute atomic E-state index is 0.120. The fourth-order valence-corrected chi connectivity index (χ4v) is 1.06. The van der Waals surface area contributed by atoms with Gasteiger partial charge >= 0.3 is 5.97 Å². The summed E-state index contributed by atoms with van der Waals surface area (Å²) < 4.78 is 9.83. The summed E-state index contributed by atoms with van der Waals surface area (Å²) in [5.41, 5.74) is 0.143. The maximum absolute atomic E-state index is 11.2. The topological polar surface area (TPSA) is 69.4 Å². The third kappa shape index (κ3) is 2.90. The smallest absolute Gasteiger partial charge is 0.360 e. The Bertz CT molecular complexity index is 345. The Hall–Kier alpha value is -1.65. The van der Waals surface area contributed by atoms with Crippen LogP contribution in [-0.4, -0.2) is 23.8 Å². The highest BCUT2D eigenvalue weighted by atomic mass is 16.5. The van der Waals surface area contributed by atoms with Crippen LogP contribution in [-0.2, 0) is 9.53 Å². The molecule has 1 heterocycles. The molecule has 15 heavy (non-hydrogen) atoms. The zero-order valence-corrected chi connectivity index (χ0v) is 8.73. The van der Waals surface area contributed by atoms with Gasteiger partial charge in [0.15, 0.2) is 11.6 Å². The second-order valence-electron chi connectivity index (χ2n) is 3.09. The van der Waals surface area contributed by atoms with E-state index in [-0.39, 0.29) is 11.6 Å². The first-order valence-electron chi connectivity index (χ1n) is 4.75. The third-order valence-corrected chi connectivity index (χ3v) is 1.88. The quantitative estimate of drug-likeness (QED) is 0.545. The molecule has 0 aromatic carbocycles. The average molecular weight is 211 g/mol. The molecule has 5 nitrogen and oxygen atoms in total. The molecule has 1 rings (SSSR count). The van der Waals surface area contributed by atoms with Crippen LogP contribution in [0.4, 0.5) is 0 Å². The molecule has 82 valence electrons. The number of nitrogens with zero attached hydrogens (tertiary/aromatic N) is 1. The monoisotopic (exact) mass is 211 g/mol. The van der Waals surface area contributed by atoms with Crippen LogP contribution in [0.1, 0.15) is 42.6 Å². The van der Waals surface area contributed by atoms with Crippen LogP contribution in [0.2, 0.25) is 0 Å². The fraction of sp³-hybridized carbons (Fsp3) is 0.500. The molecule has 0 fully saturated rings. The van der Waals surface area contributed by atoms with Crippen LogP contribution >= 0.6 is 0 Å². The predicted octanol–water partition coefficient (Wildman–Crippen LogP) is 1.54. The molecule has 0 N–H and O–H groups in total. The Morgan fingerprint density at radius 2 is 2.47 bits per heavy atom. The maximum atomic E-state index is 11.2. The molecular weight excluding hydrogens is 198 g/mol. The summed E-state index contributed by atoms with van der Waals surface area (Å²) in [6, 6.07) is 0. The zero-order chi connectivity index (χ0) is 11.3. The van der Waals surface area contributed by atoms with Crippen LogP contribution in [0, 0.1) is 0 Å². The van der Waals surface area contributed by atoms with Gasteiger partial charge in [0.25, 0.3) is 0 Å². The molecule has 0 saturated carbocycles. The molecule has 0 bridgehead atoms. The van der Waals surface area contributed by atoms with Gasteiger partial charge in [-0.3, -0.25) is 0 Å². The van der Waals surface area contributed by atoms with Crippen molar-refractivity contribution in [1.29, 1.82) is 0 Å². The average Bonchev–Trinajstić information content (AvgIpc) is 2.67. The summed E-state index contributed by atoms with van der Waals surface area (Å²) in [7, 11) is 0. The van der Waals surface area contributed by atoms with Crippen molar-refractivity contribution in [1.82, 2.24) is 4.98 Å². The van der Waals surface area contributed by atoms with Crippen LogP contribution in [0.15, 0.2) is 10.7 Å². The standard InChI is InChI=1S/C10H13NO4/c1-3-14-10(13)8-6-15-9(11-8)7(2)4-5-12/h5-7H,3-4H2,1-2H3/t7-/m0/s1. The van der Waals surface area contributed by atoms with E-state index in [2.05, 4.69) is 4.98 Å². The molecule has 1 aromatic heterocycles. The first-order chi connectivity index (χ1) is 7.19. The summed E-state index contributed by atoms with van der Waals surface area (Å²) in [4.78, 5) is 25.4. The van der Waals surface area contributed by atoms with E-state index in [1.807, 2.05) is 0 Å². The summed E-state index contributed by atoms with van der Waals surface area (Å²) in [6.07, 6.45) is 2.36. The Kier molecular flexibility index (Phi) is 4.03. The molecule has 0 aliphatic heterocycles. The number of rotatable bonds is 5. The third-order valence-electron chi connectivity index (χ3n) is 1.88. The van der Waals surface area contributed by atoms with Gasteiger partial charge in [-0.1, -0.05) is 6.92 Å². The van der Waals surface area contributed by atoms with Gasteiger partial charge in [-0.25, -0.2) is 9.78 Å². The lowest BCUT2D eigenvalue weighted by Crippen LogP contribution is -2.05. The van der Waals surface area contributed by atoms with E-state index in [0.717, 1.165) is 6.29 Å². The van der Waals surface area contributed by atoms with Crippen LogP contribution < -0.4 is 0 Å². The summed E-state index contributed by atoms with van der Waals surface area (Å²) in [5.74, 6) is -0.248. The van der Waals surface area contributed by atoms with E-state index in [1.165, 1.54) is 6.26 Å². The largest absolute Gasteiger partial charge is 0.461 e. The van der Waals surface area contributed by atoms with E-state index in [0.29, 0.717) is 18.9 Å². The lowest BCUT2D eigenvalue weighted by atomic mass is 10.1. The molecule has 0 unspecified atom stereocenters. The van der Waals surface area contributed by atoms with Crippen molar-refractivity contribution in [3.8, 4) is 0 Å². The van der Waals surface area contributed by atoms with Crippen molar-refractivity contribution >= 4 is 12.3 Å². The number of aromatic nitrogens is 1. The van der Waals surface area contributed by atoms with E-state index < -0.39 is 5.97 Å². The SMILES string of the molecule is CCOC(=O)c1coc([C@@H](C)CC=O)n1. The summed E-state index contributed by atoms with van der Waals surface area (Å²) in [5, 5.41) is 0. The Labute approximate surface area is 87.4 Å². The Morgan fingerprint density at radius 1 is 1.73 bits per heavy atom. The highest BCUT2D eigenvalue weighted by molar-refractivity contribution is 5.86. The van der Waals surface area contributed by atoms with Crippen molar-refractivity contribution in [2.75, 3.05) is 6.61 Å². The molecule has 0 amide bonds. The van der Waals surface area contributed by atoms with Gasteiger partial charge in [-0.05, 0) is 6.92 Å². The second kappa shape index (κ2) is 5.29. The molecule has 5 heteroatoms. The minimum Gasteiger partial charge on any atom is -0.461 e. The van der Waals surface area contributed by atoms with Gasteiger partial charge in [0.1, 0.15) is 12.5 Å². The lowest BCUT2D eigenvalue weighted by molar-refractivity contribution is -0.108. The van der Waals surface area contributed by atoms with E-state index in [1.54, 1.807) is 13.8 Å². The number of carbonyl (C=O) groups is 2. The molecule has 0 aliphatic rings. The highest BCUT2D eigenvalue weighted by Gasteiger charge is 2.16. The van der Waals surface area contributed by atoms with Crippen molar-refractivity contribution < 1.29 is 18.7 Å². The Morgan fingerprint density at radius 3 is 3.07 bits per heavy atom. The highest BCUT2D eigenvalue weighted by Crippen LogP contribution is 2.17. The van der Waals surface area contributed by atoms with Gasteiger partial charge in [0.05, 0.1) is 6.61 Å². The lowest BCUT2D eigenvalue weighted by Gasteiger charge is -1.99. The van der Waals surface area contributed by atoms with Gasteiger partial charge in [0, 0.05) is 12.3 Å². The summed E-state index contributed by atoms with van der Waals surface area (Å²) >= 11 is 0. The number of esters is 1. The zero-order valence-electron chi connectivity index (χ0n) is 8.73. The van der Waals surface area contributed by atoms with E-state index in [9.17, 15) is 9.59 Å². The van der Waals surface area contributed by atoms with Gasteiger partial charge < -0.3 is 13.9 Å². The van der Waals surface area contributed by atoms with Crippen molar-refractivity contribution in [3.63, 3.8) is 0 Å². The van der Waals surface area contributed by atoms with Crippen LogP contribution in [0.3, 0.4) is 0 Å². The molecule has 0 spiro atoms. The minimum atomic E-state index is -0.509. The van der Waals surface area contributed by atoms with Crippen molar-refractivity contribution in [2.24, 2.45) is 0 Å². The van der Waals surface area contributed by atoms with Crippen molar-refractivity contribution in [2.45, 2.75) is 26.2 Å². The van der Waals surface area contributed by atoms with E-state index >= 15 is 0 Å². The first-order valence-corrected chi connectivity index (χ1v) is 4.75. The summed E-state index contributed by atoms with van der Waals surface area (Å²) in [6.45, 7) is 3.81. The van der Waals surface area contributed by atoms with Crippen molar-refractivity contribution in [3.05, 3.63) is 17.8 Å². The number of aldehydes is 1. The van der Waals surface area contributed by atoms with Crippen LogP contribution in [0.5, 0.6) is 0 Å². The maximum Gasteiger partial charge on any atom is 0.360 e. The molecule has 0 saturated heterocycles. The number of hydrogen-bond acceptors (Lipinski definition) is 5. The number of oxazole rings is 1. The fourth-order valence-electron chi connectivity index (χ4n) is 1.06. The number of hydrogen-bond donors (Lipinski definition) is 0. The molecule has 1 atom stereocenters. The molecule has 0 radical (unpaired) electrons. The molecule has 1 aromatic rings. The van der Waals surface area contributed by atoms with Gasteiger partial charge in [-0.15, -0.1) is 0 Å². The number of carbonyl (C=O) groups excluding carboxylic acids is 2. The molecule has 0 aliphatic carbocycles. The second-order valence-corrected chi connectivity index (χ2v) is 3.09. The molecular formula is C10H13NO4. The van der Waals surface area contributed by atoms with Crippen LogP contribution in [0.25, 0.3) is 0 Å². The van der Waals surface area contributed by atoms with E-state index in [4.69, 9.17) is 9.15 Å². The Balaban J connectivity index is 2.71. The van der Waals surface area contributed by atoms with Gasteiger partial charge in [0.2, 0.25) is 0 Å². The first kappa shape index (κ1) is 11.4.